The molecule has 0 aliphatic heterocycles. The molecule has 110 valence electrons. The molecule has 0 amide bonds. The first-order chi connectivity index (χ1) is 10.6. The predicted molar refractivity (Wildman–Crippen MR) is 90.4 cm³/mol. The minimum Gasteiger partial charge on any atom is -0.224 e. The molecule has 0 unspecified atom stereocenters. The van der Waals surface area contributed by atoms with E-state index >= 15 is 0 Å². The van der Waals surface area contributed by atoms with Crippen molar-refractivity contribution in [3.05, 3.63) is 78.9 Å². The number of sulfone groups is 1. The quantitative estimate of drug-likeness (QED) is 0.717. The molecule has 0 saturated carbocycles. The van der Waals surface area contributed by atoms with Crippen LogP contribution < -0.4 is 0 Å². The summed E-state index contributed by atoms with van der Waals surface area (Å²) in [6.07, 6.45) is 1.24. The highest BCUT2D eigenvalue weighted by Crippen LogP contribution is 2.33. The van der Waals surface area contributed by atoms with Crippen LogP contribution in [0, 0.1) is 0 Å². The van der Waals surface area contributed by atoms with Crippen molar-refractivity contribution >= 4 is 9.84 Å². The van der Waals surface area contributed by atoms with Gasteiger partial charge in [0.2, 0.25) is 0 Å². The molecule has 0 aliphatic rings. The SMILES string of the molecule is CS(=O)(=O)c1ccc(-c2ccccc2)c(-c2ccccc2)c1. The summed E-state index contributed by atoms with van der Waals surface area (Å²) in [4.78, 5) is 0.339. The van der Waals surface area contributed by atoms with Gasteiger partial charge < -0.3 is 0 Å². The standard InChI is InChI=1S/C19H16O2S/c1-22(20,21)17-12-13-18(15-8-4-2-5-9-15)19(14-17)16-10-6-3-7-11-16/h2-14H,1H3. The second-order valence-electron chi connectivity index (χ2n) is 5.21. The Labute approximate surface area is 131 Å². The van der Waals surface area contributed by atoms with Crippen molar-refractivity contribution in [1.29, 1.82) is 0 Å². The fourth-order valence-electron chi connectivity index (χ4n) is 2.48. The van der Waals surface area contributed by atoms with E-state index in [1.165, 1.54) is 6.26 Å². The maximum Gasteiger partial charge on any atom is 0.175 e. The van der Waals surface area contributed by atoms with Gasteiger partial charge in [-0.15, -0.1) is 0 Å². The van der Waals surface area contributed by atoms with Crippen LogP contribution in [0.4, 0.5) is 0 Å². The lowest BCUT2D eigenvalue weighted by atomic mass is 9.95. The van der Waals surface area contributed by atoms with Crippen LogP contribution in [0.1, 0.15) is 0 Å². The van der Waals surface area contributed by atoms with Gasteiger partial charge in [0.15, 0.2) is 9.84 Å². The Balaban J connectivity index is 2.27. The van der Waals surface area contributed by atoms with Gasteiger partial charge in [-0.2, -0.15) is 0 Å². The van der Waals surface area contributed by atoms with E-state index in [-0.39, 0.29) is 0 Å². The van der Waals surface area contributed by atoms with E-state index in [1.54, 1.807) is 12.1 Å². The van der Waals surface area contributed by atoms with E-state index in [9.17, 15) is 8.42 Å². The van der Waals surface area contributed by atoms with Crippen molar-refractivity contribution in [2.24, 2.45) is 0 Å². The van der Waals surface area contributed by atoms with Crippen molar-refractivity contribution < 1.29 is 8.42 Å². The third kappa shape index (κ3) is 2.95. The molecule has 22 heavy (non-hydrogen) atoms. The van der Waals surface area contributed by atoms with Crippen LogP contribution in [0.2, 0.25) is 0 Å². The van der Waals surface area contributed by atoms with E-state index in [0.29, 0.717) is 4.90 Å². The highest BCUT2D eigenvalue weighted by Gasteiger charge is 2.13. The minimum absolute atomic E-state index is 0.339. The van der Waals surface area contributed by atoms with Gasteiger partial charge in [0.05, 0.1) is 4.90 Å². The van der Waals surface area contributed by atoms with Crippen LogP contribution in [-0.4, -0.2) is 14.7 Å². The number of benzene rings is 3. The number of rotatable bonds is 3. The summed E-state index contributed by atoms with van der Waals surface area (Å²) in [5, 5.41) is 0. The molecular weight excluding hydrogens is 292 g/mol. The van der Waals surface area contributed by atoms with Gasteiger partial charge in [-0.05, 0) is 34.4 Å². The van der Waals surface area contributed by atoms with Gasteiger partial charge in [0, 0.05) is 6.26 Å². The second-order valence-corrected chi connectivity index (χ2v) is 7.23. The summed E-state index contributed by atoms with van der Waals surface area (Å²) in [6, 6.07) is 25.1. The van der Waals surface area contributed by atoms with Gasteiger partial charge in [-0.25, -0.2) is 8.42 Å². The highest BCUT2D eigenvalue weighted by molar-refractivity contribution is 7.90. The molecule has 0 aromatic heterocycles. The van der Waals surface area contributed by atoms with E-state index in [0.717, 1.165) is 22.3 Å². The van der Waals surface area contributed by atoms with Crippen molar-refractivity contribution in [2.75, 3.05) is 6.26 Å². The molecule has 0 fully saturated rings. The fraction of sp³-hybridized carbons (Fsp3) is 0.0526. The Morgan fingerprint density at radius 2 is 1.14 bits per heavy atom. The Bertz CT molecular complexity index is 883. The molecule has 2 nitrogen and oxygen atoms in total. The Hall–Kier alpha value is -2.39. The third-order valence-electron chi connectivity index (χ3n) is 3.59. The summed E-state index contributed by atoms with van der Waals surface area (Å²) >= 11 is 0. The summed E-state index contributed by atoms with van der Waals surface area (Å²) in [5.41, 5.74) is 4.03. The smallest absolute Gasteiger partial charge is 0.175 e. The molecule has 0 aliphatic carbocycles. The Morgan fingerprint density at radius 1 is 0.636 bits per heavy atom. The predicted octanol–water partition coefficient (Wildman–Crippen LogP) is 4.42. The van der Waals surface area contributed by atoms with Gasteiger partial charge in [-0.1, -0.05) is 66.7 Å². The first-order valence-electron chi connectivity index (χ1n) is 7.01. The lowest BCUT2D eigenvalue weighted by Gasteiger charge is -2.12. The van der Waals surface area contributed by atoms with E-state index in [2.05, 4.69) is 0 Å². The average molecular weight is 308 g/mol. The van der Waals surface area contributed by atoms with Crippen molar-refractivity contribution in [3.63, 3.8) is 0 Å². The van der Waals surface area contributed by atoms with Crippen LogP contribution in [-0.2, 0) is 9.84 Å². The molecule has 0 spiro atoms. The lowest BCUT2D eigenvalue weighted by molar-refractivity contribution is 0.602. The first kappa shape index (κ1) is 14.5. The van der Waals surface area contributed by atoms with E-state index in [1.807, 2.05) is 66.7 Å². The second kappa shape index (κ2) is 5.78. The molecule has 3 rings (SSSR count). The summed E-state index contributed by atoms with van der Waals surface area (Å²) in [7, 11) is -3.23. The monoisotopic (exact) mass is 308 g/mol. The van der Waals surface area contributed by atoms with Crippen LogP contribution in [0.3, 0.4) is 0 Å². The number of hydrogen-bond acceptors (Lipinski definition) is 2. The summed E-state index contributed by atoms with van der Waals surface area (Å²) in [5.74, 6) is 0. The molecule has 0 atom stereocenters. The van der Waals surface area contributed by atoms with Gasteiger partial charge in [0.25, 0.3) is 0 Å². The molecule has 0 N–H and O–H groups in total. The van der Waals surface area contributed by atoms with Gasteiger partial charge in [-0.3, -0.25) is 0 Å². The molecule has 0 saturated heterocycles. The molecular formula is C19H16O2S. The van der Waals surface area contributed by atoms with Crippen LogP contribution in [0.5, 0.6) is 0 Å². The molecule has 3 aromatic rings. The molecule has 3 heteroatoms. The number of hydrogen-bond donors (Lipinski definition) is 0. The van der Waals surface area contributed by atoms with Crippen molar-refractivity contribution in [1.82, 2.24) is 0 Å². The van der Waals surface area contributed by atoms with E-state index in [4.69, 9.17) is 0 Å². The highest BCUT2D eigenvalue weighted by atomic mass is 32.2. The Morgan fingerprint density at radius 3 is 1.64 bits per heavy atom. The van der Waals surface area contributed by atoms with Crippen LogP contribution in [0.25, 0.3) is 22.3 Å². The molecule has 0 heterocycles. The molecule has 0 bridgehead atoms. The van der Waals surface area contributed by atoms with Crippen molar-refractivity contribution in [2.45, 2.75) is 4.90 Å². The fourth-order valence-corrected chi connectivity index (χ4v) is 3.13. The zero-order chi connectivity index (χ0) is 15.6. The normalized spacial score (nSPS) is 11.3. The van der Waals surface area contributed by atoms with Gasteiger partial charge >= 0.3 is 0 Å². The maximum absolute atomic E-state index is 11.9. The Kier molecular flexibility index (Phi) is 3.82. The van der Waals surface area contributed by atoms with Gasteiger partial charge in [0.1, 0.15) is 0 Å². The largest absolute Gasteiger partial charge is 0.224 e. The van der Waals surface area contributed by atoms with Crippen molar-refractivity contribution in [3.8, 4) is 22.3 Å². The summed E-state index contributed by atoms with van der Waals surface area (Å²) < 4.78 is 23.7. The maximum atomic E-state index is 11.9. The zero-order valence-corrected chi connectivity index (χ0v) is 13.0. The minimum atomic E-state index is -3.23. The average Bonchev–Trinajstić information content (AvgIpc) is 2.55. The van der Waals surface area contributed by atoms with E-state index < -0.39 is 9.84 Å². The summed E-state index contributed by atoms with van der Waals surface area (Å²) in [6.45, 7) is 0. The first-order valence-corrected chi connectivity index (χ1v) is 8.90. The van der Waals surface area contributed by atoms with Crippen LogP contribution in [0.15, 0.2) is 83.8 Å². The molecule has 3 aromatic carbocycles. The zero-order valence-electron chi connectivity index (χ0n) is 12.2. The van der Waals surface area contributed by atoms with Crippen LogP contribution >= 0.6 is 0 Å². The molecule has 0 radical (unpaired) electrons. The topological polar surface area (TPSA) is 34.1 Å². The lowest BCUT2D eigenvalue weighted by Crippen LogP contribution is -1.98. The third-order valence-corrected chi connectivity index (χ3v) is 4.70.